The van der Waals surface area contributed by atoms with Crippen molar-refractivity contribution in [2.75, 3.05) is 0 Å². The van der Waals surface area contributed by atoms with Crippen molar-refractivity contribution in [1.82, 2.24) is 20.3 Å². The lowest BCUT2D eigenvalue weighted by Crippen LogP contribution is -1.78. The first-order valence-corrected chi connectivity index (χ1v) is 4.57. The summed E-state index contributed by atoms with van der Waals surface area (Å²) in [6.45, 7) is 1.80. The van der Waals surface area contributed by atoms with Gasteiger partial charge in [0.2, 0.25) is 0 Å². The molecule has 74 valence electrons. The lowest BCUT2D eigenvalue weighted by atomic mass is 10.1. The van der Waals surface area contributed by atoms with Crippen molar-refractivity contribution in [2.24, 2.45) is 0 Å². The minimum atomic E-state index is 0.538. The summed E-state index contributed by atoms with van der Waals surface area (Å²) in [6, 6.07) is 5.83. The van der Waals surface area contributed by atoms with Crippen LogP contribution in [0.15, 0.2) is 28.9 Å². The van der Waals surface area contributed by atoms with Crippen LogP contribution in [0.3, 0.4) is 0 Å². The van der Waals surface area contributed by atoms with Gasteiger partial charge in [-0.05, 0) is 25.1 Å². The molecule has 0 atom stereocenters. The molecule has 0 amide bonds. The monoisotopic (exact) mass is 200 g/mol. The van der Waals surface area contributed by atoms with Crippen LogP contribution in [0.2, 0.25) is 0 Å². The van der Waals surface area contributed by atoms with Crippen LogP contribution in [0.1, 0.15) is 5.82 Å². The second-order valence-electron chi connectivity index (χ2n) is 3.32. The molecule has 1 N–H and O–H groups in total. The number of fused-ring (bicyclic) bond motifs is 1. The molecular weight excluding hydrogens is 192 g/mol. The standard InChI is InChI=1S/C10H8N4O/c1-6-12-10(15-14-6)7-2-3-9-8(4-7)5-11-13-9/h2-5H,1H3,(H,11,13). The van der Waals surface area contributed by atoms with E-state index in [1.165, 1.54) is 0 Å². The van der Waals surface area contributed by atoms with Crippen LogP contribution in [-0.4, -0.2) is 20.3 Å². The highest BCUT2D eigenvalue weighted by Crippen LogP contribution is 2.21. The molecule has 0 aliphatic rings. The zero-order valence-corrected chi connectivity index (χ0v) is 8.06. The van der Waals surface area contributed by atoms with E-state index in [0.29, 0.717) is 11.7 Å². The van der Waals surface area contributed by atoms with Gasteiger partial charge in [0.25, 0.3) is 5.89 Å². The molecule has 0 unspecified atom stereocenters. The zero-order chi connectivity index (χ0) is 10.3. The molecule has 5 heteroatoms. The highest BCUT2D eigenvalue weighted by atomic mass is 16.5. The van der Waals surface area contributed by atoms with E-state index >= 15 is 0 Å². The Morgan fingerprint density at radius 1 is 1.33 bits per heavy atom. The quantitative estimate of drug-likeness (QED) is 0.651. The predicted octanol–water partition coefficient (Wildman–Crippen LogP) is 1.92. The predicted molar refractivity (Wildman–Crippen MR) is 54.1 cm³/mol. The Morgan fingerprint density at radius 2 is 2.27 bits per heavy atom. The summed E-state index contributed by atoms with van der Waals surface area (Å²) in [7, 11) is 0. The van der Waals surface area contributed by atoms with E-state index in [2.05, 4.69) is 20.3 Å². The Kier molecular flexibility index (Phi) is 1.58. The first-order chi connectivity index (χ1) is 7.33. The average Bonchev–Trinajstić information content (AvgIpc) is 2.84. The van der Waals surface area contributed by atoms with E-state index in [4.69, 9.17) is 4.52 Å². The topological polar surface area (TPSA) is 67.6 Å². The molecule has 0 aliphatic heterocycles. The summed E-state index contributed by atoms with van der Waals surface area (Å²) in [6.07, 6.45) is 1.77. The number of hydrogen-bond donors (Lipinski definition) is 1. The van der Waals surface area contributed by atoms with Crippen molar-refractivity contribution in [3.8, 4) is 11.5 Å². The van der Waals surface area contributed by atoms with Gasteiger partial charge in [-0.25, -0.2) is 0 Å². The molecule has 5 nitrogen and oxygen atoms in total. The fourth-order valence-corrected chi connectivity index (χ4v) is 1.49. The molecule has 2 heterocycles. The van der Waals surface area contributed by atoms with E-state index in [-0.39, 0.29) is 0 Å². The van der Waals surface area contributed by atoms with E-state index in [1.807, 2.05) is 18.2 Å². The minimum absolute atomic E-state index is 0.538. The SMILES string of the molecule is Cc1noc(-c2ccc3[nH]ncc3c2)n1. The summed E-state index contributed by atoms with van der Waals surface area (Å²) in [5, 5.41) is 11.6. The number of aryl methyl sites for hydroxylation is 1. The third-order valence-electron chi connectivity index (χ3n) is 2.21. The Balaban J connectivity index is 2.18. The number of aromatic amines is 1. The third kappa shape index (κ3) is 1.28. The molecule has 3 aromatic rings. The Morgan fingerprint density at radius 3 is 3.07 bits per heavy atom. The highest BCUT2D eigenvalue weighted by molar-refractivity contribution is 5.82. The van der Waals surface area contributed by atoms with Crippen molar-refractivity contribution in [3.63, 3.8) is 0 Å². The first kappa shape index (κ1) is 8.16. The fourth-order valence-electron chi connectivity index (χ4n) is 1.49. The molecule has 0 saturated carbocycles. The second kappa shape index (κ2) is 2.91. The Bertz CT molecular complexity index is 610. The van der Waals surface area contributed by atoms with Gasteiger partial charge in [-0.1, -0.05) is 5.16 Å². The zero-order valence-electron chi connectivity index (χ0n) is 8.06. The average molecular weight is 200 g/mol. The van der Waals surface area contributed by atoms with E-state index in [1.54, 1.807) is 13.1 Å². The molecular formula is C10H8N4O. The van der Waals surface area contributed by atoms with Gasteiger partial charge >= 0.3 is 0 Å². The van der Waals surface area contributed by atoms with Crippen LogP contribution in [0.25, 0.3) is 22.4 Å². The molecule has 0 radical (unpaired) electrons. The summed E-state index contributed by atoms with van der Waals surface area (Å²) in [4.78, 5) is 4.16. The molecule has 0 spiro atoms. The van der Waals surface area contributed by atoms with E-state index in [9.17, 15) is 0 Å². The number of aromatic nitrogens is 4. The maximum atomic E-state index is 5.08. The highest BCUT2D eigenvalue weighted by Gasteiger charge is 2.06. The number of hydrogen-bond acceptors (Lipinski definition) is 4. The van der Waals surface area contributed by atoms with Crippen LogP contribution in [0, 0.1) is 6.92 Å². The lowest BCUT2D eigenvalue weighted by Gasteiger charge is -1.93. The maximum Gasteiger partial charge on any atom is 0.257 e. The normalized spacial score (nSPS) is 11.0. The number of nitrogens with zero attached hydrogens (tertiary/aromatic N) is 3. The molecule has 2 aromatic heterocycles. The molecule has 1 aromatic carbocycles. The summed E-state index contributed by atoms with van der Waals surface area (Å²) in [5.74, 6) is 1.17. The van der Waals surface area contributed by atoms with Crippen LogP contribution in [0.4, 0.5) is 0 Å². The van der Waals surface area contributed by atoms with Gasteiger partial charge in [-0.15, -0.1) is 0 Å². The first-order valence-electron chi connectivity index (χ1n) is 4.57. The van der Waals surface area contributed by atoms with E-state index < -0.39 is 0 Å². The molecule has 0 fully saturated rings. The Hall–Kier alpha value is -2.17. The molecule has 15 heavy (non-hydrogen) atoms. The lowest BCUT2D eigenvalue weighted by molar-refractivity contribution is 0.425. The van der Waals surface area contributed by atoms with Gasteiger partial charge in [0.1, 0.15) is 0 Å². The molecule has 0 bridgehead atoms. The summed E-state index contributed by atoms with van der Waals surface area (Å²) < 4.78 is 5.08. The molecule has 0 saturated heterocycles. The van der Waals surface area contributed by atoms with Crippen molar-refractivity contribution >= 4 is 10.9 Å². The number of benzene rings is 1. The largest absolute Gasteiger partial charge is 0.334 e. The van der Waals surface area contributed by atoms with E-state index in [0.717, 1.165) is 16.5 Å². The Labute approximate surface area is 85.1 Å². The third-order valence-corrected chi connectivity index (χ3v) is 2.21. The van der Waals surface area contributed by atoms with Crippen molar-refractivity contribution in [3.05, 3.63) is 30.2 Å². The van der Waals surface area contributed by atoms with Gasteiger partial charge in [-0.2, -0.15) is 10.1 Å². The number of rotatable bonds is 1. The van der Waals surface area contributed by atoms with Crippen molar-refractivity contribution in [1.29, 1.82) is 0 Å². The summed E-state index contributed by atoms with van der Waals surface area (Å²) in [5.41, 5.74) is 1.90. The minimum Gasteiger partial charge on any atom is -0.334 e. The van der Waals surface area contributed by atoms with Gasteiger partial charge in [0, 0.05) is 10.9 Å². The second-order valence-corrected chi connectivity index (χ2v) is 3.32. The van der Waals surface area contributed by atoms with Gasteiger partial charge in [0.15, 0.2) is 5.82 Å². The van der Waals surface area contributed by atoms with Gasteiger partial charge < -0.3 is 4.52 Å². The molecule has 0 aliphatic carbocycles. The van der Waals surface area contributed by atoms with Crippen LogP contribution in [-0.2, 0) is 0 Å². The van der Waals surface area contributed by atoms with Crippen molar-refractivity contribution in [2.45, 2.75) is 6.92 Å². The van der Waals surface area contributed by atoms with Gasteiger partial charge in [0.05, 0.1) is 11.7 Å². The van der Waals surface area contributed by atoms with Crippen molar-refractivity contribution < 1.29 is 4.52 Å². The van der Waals surface area contributed by atoms with Crippen LogP contribution >= 0.6 is 0 Å². The van der Waals surface area contributed by atoms with Gasteiger partial charge in [-0.3, -0.25) is 5.10 Å². The van der Waals surface area contributed by atoms with Crippen LogP contribution in [0.5, 0.6) is 0 Å². The smallest absolute Gasteiger partial charge is 0.257 e. The number of nitrogens with one attached hydrogen (secondary N) is 1. The fraction of sp³-hybridized carbons (Fsp3) is 0.100. The molecule has 3 rings (SSSR count). The van der Waals surface area contributed by atoms with Crippen LogP contribution < -0.4 is 0 Å². The number of H-pyrrole nitrogens is 1. The maximum absolute atomic E-state index is 5.08. The summed E-state index contributed by atoms with van der Waals surface area (Å²) >= 11 is 0.